The Morgan fingerprint density at radius 1 is 1.22 bits per heavy atom. The Kier molecular flexibility index (Phi) is 3.08. The van der Waals surface area contributed by atoms with Gasteiger partial charge >= 0.3 is 0 Å². The van der Waals surface area contributed by atoms with E-state index in [9.17, 15) is 20.1 Å². The molecule has 4 heteroatoms. The Morgan fingerprint density at radius 2 is 1.91 bits per heavy atom. The maximum atomic E-state index is 13.2. The molecular formula is C19H26O4. The second-order valence-electron chi connectivity index (χ2n) is 8.61. The average Bonchev–Trinajstić information content (AvgIpc) is 2.70. The van der Waals surface area contributed by atoms with E-state index in [1.807, 2.05) is 19.9 Å². The zero-order chi connectivity index (χ0) is 16.7. The van der Waals surface area contributed by atoms with Crippen molar-refractivity contribution in [1.29, 1.82) is 0 Å². The Balaban J connectivity index is 1.88. The number of carbonyl (C=O) groups excluding carboxylic acids is 1. The number of aliphatic hydroxyl groups excluding tert-OH is 3. The van der Waals surface area contributed by atoms with E-state index in [0.29, 0.717) is 12.8 Å². The minimum absolute atomic E-state index is 0.0272. The lowest BCUT2D eigenvalue weighted by Gasteiger charge is -2.56. The first-order valence-corrected chi connectivity index (χ1v) is 8.70. The molecule has 4 aliphatic rings. The Labute approximate surface area is 136 Å². The van der Waals surface area contributed by atoms with E-state index in [-0.39, 0.29) is 23.5 Å². The van der Waals surface area contributed by atoms with Crippen molar-refractivity contribution in [2.45, 2.75) is 57.8 Å². The van der Waals surface area contributed by atoms with Crippen molar-refractivity contribution in [2.24, 2.45) is 28.6 Å². The van der Waals surface area contributed by atoms with Gasteiger partial charge in [0.1, 0.15) is 6.10 Å². The lowest BCUT2D eigenvalue weighted by Crippen LogP contribution is -2.62. The zero-order valence-corrected chi connectivity index (χ0v) is 13.8. The van der Waals surface area contributed by atoms with Gasteiger partial charge in [0, 0.05) is 11.3 Å². The minimum atomic E-state index is -1.15. The number of hydrogen-bond acceptors (Lipinski definition) is 4. The lowest BCUT2D eigenvalue weighted by atomic mass is 9.48. The van der Waals surface area contributed by atoms with Crippen molar-refractivity contribution in [3.8, 4) is 0 Å². The molecule has 7 atom stereocenters. The number of fused-ring (bicyclic) bond motifs is 3. The second kappa shape index (κ2) is 4.56. The molecule has 4 aliphatic carbocycles. The summed E-state index contributed by atoms with van der Waals surface area (Å²) in [6, 6.07) is 0. The Hall–Kier alpha value is -0.970. The van der Waals surface area contributed by atoms with Crippen molar-refractivity contribution in [1.82, 2.24) is 0 Å². The normalized spacial score (nSPS) is 51.1. The van der Waals surface area contributed by atoms with Gasteiger partial charge < -0.3 is 15.3 Å². The smallest absolute Gasteiger partial charge is 0.171 e. The first kappa shape index (κ1) is 15.6. The third-order valence-corrected chi connectivity index (χ3v) is 7.42. The molecule has 0 heterocycles. The fourth-order valence-corrected chi connectivity index (χ4v) is 6.01. The van der Waals surface area contributed by atoms with Gasteiger partial charge in [-0.1, -0.05) is 32.1 Å². The van der Waals surface area contributed by atoms with E-state index >= 15 is 0 Å². The molecule has 23 heavy (non-hydrogen) atoms. The fourth-order valence-electron chi connectivity index (χ4n) is 6.01. The largest absolute Gasteiger partial charge is 0.392 e. The summed E-state index contributed by atoms with van der Waals surface area (Å²) in [6.07, 6.45) is 2.42. The molecule has 4 nitrogen and oxygen atoms in total. The Morgan fingerprint density at radius 3 is 2.61 bits per heavy atom. The molecular weight excluding hydrogens is 292 g/mol. The maximum absolute atomic E-state index is 13.2. The summed E-state index contributed by atoms with van der Waals surface area (Å²) in [5.41, 5.74) is 0.417. The standard InChI is InChI=1S/C19H26O4/c1-9-10-4-6-12-11-5-7-13(20)18(2,3)14(11)15(21)17(23)19(12,8-10)16(9)22/h5,10,12-16,20-22H,1,4,6-8H2,2-3H3/t10-,12+,13+,14-,15+,16-,19+/m1/s1. The third-order valence-electron chi connectivity index (χ3n) is 7.42. The van der Waals surface area contributed by atoms with Crippen molar-refractivity contribution in [3.05, 3.63) is 23.8 Å². The van der Waals surface area contributed by atoms with Crippen molar-refractivity contribution < 1.29 is 20.1 Å². The van der Waals surface area contributed by atoms with Gasteiger partial charge in [-0.3, -0.25) is 4.79 Å². The minimum Gasteiger partial charge on any atom is -0.392 e. The van der Waals surface area contributed by atoms with Crippen LogP contribution in [0, 0.1) is 28.6 Å². The molecule has 0 amide bonds. The van der Waals surface area contributed by atoms with Gasteiger partial charge in [0.15, 0.2) is 5.78 Å². The van der Waals surface area contributed by atoms with Gasteiger partial charge in [-0.2, -0.15) is 0 Å². The number of hydrogen-bond donors (Lipinski definition) is 3. The number of aliphatic hydroxyl groups is 3. The summed E-state index contributed by atoms with van der Waals surface area (Å²) in [6.45, 7) is 7.88. The van der Waals surface area contributed by atoms with E-state index in [0.717, 1.165) is 24.0 Å². The van der Waals surface area contributed by atoms with Crippen LogP contribution in [0.4, 0.5) is 0 Å². The van der Waals surface area contributed by atoms with E-state index in [1.165, 1.54) is 0 Å². The van der Waals surface area contributed by atoms with E-state index in [2.05, 4.69) is 6.58 Å². The van der Waals surface area contributed by atoms with Gasteiger partial charge in [-0.05, 0) is 43.1 Å². The molecule has 126 valence electrons. The van der Waals surface area contributed by atoms with Crippen LogP contribution in [0.5, 0.6) is 0 Å². The number of Topliss-reactive ketones (excluding diaryl/α,β-unsaturated/α-hetero) is 1. The summed E-state index contributed by atoms with van der Waals surface area (Å²) in [5, 5.41) is 32.0. The third kappa shape index (κ3) is 1.65. The topological polar surface area (TPSA) is 77.8 Å². The summed E-state index contributed by atoms with van der Waals surface area (Å²) >= 11 is 0. The predicted octanol–water partition coefficient (Wildman–Crippen LogP) is 1.60. The Bertz CT molecular complexity index is 619. The van der Waals surface area contributed by atoms with Crippen LogP contribution in [0.2, 0.25) is 0 Å². The highest BCUT2D eigenvalue weighted by Crippen LogP contribution is 2.65. The lowest BCUT2D eigenvalue weighted by molar-refractivity contribution is -0.163. The highest BCUT2D eigenvalue weighted by molar-refractivity contribution is 5.93. The van der Waals surface area contributed by atoms with Gasteiger partial charge in [0.25, 0.3) is 0 Å². The molecule has 3 N–H and O–H groups in total. The van der Waals surface area contributed by atoms with Crippen LogP contribution in [0.25, 0.3) is 0 Å². The first-order valence-electron chi connectivity index (χ1n) is 8.70. The van der Waals surface area contributed by atoms with Crippen molar-refractivity contribution >= 4 is 5.78 Å². The van der Waals surface area contributed by atoms with Gasteiger partial charge in [0.2, 0.25) is 0 Å². The SMILES string of the molecule is C=C1[C@@H]2CC[C@H]3C4=CC[C@H](O)C(C)(C)[C@H]4[C@H](O)C(=O)[C@]3(C2)[C@@H]1O. The molecule has 3 saturated carbocycles. The van der Waals surface area contributed by atoms with Crippen LogP contribution in [0.1, 0.15) is 39.5 Å². The van der Waals surface area contributed by atoms with Crippen molar-refractivity contribution in [3.63, 3.8) is 0 Å². The molecule has 0 aliphatic heterocycles. The van der Waals surface area contributed by atoms with E-state index in [1.54, 1.807) is 0 Å². The predicted molar refractivity (Wildman–Crippen MR) is 85.4 cm³/mol. The maximum Gasteiger partial charge on any atom is 0.171 e. The summed E-state index contributed by atoms with van der Waals surface area (Å²) < 4.78 is 0. The molecule has 2 bridgehead atoms. The van der Waals surface area contributed by atoms with Crippen LogP contribution in [0.3, 0.4) is 0 Å². The molecule has 0 unspecified atom stereocenters. The van der Waals surface area contributed by atoms with Crippen LogP contribution < -0.4 is 0 Å². The van der Waals surface area contributed by atoms with Crippen LogP contribution in [0.15, 0.2) is 23.8 Å². The van der Waals surface area contributed by atoms with Crippen LogP contribution in [-0.4, -0.2) is 39.4 Å². The number of ketones is 1. The van der Waals surface area contributed by atoms with E-state index < -0.39 is 29.1 Å². The number of carbonyl (C=O) groups is 1. The van der Waals surface area contributed by atoms with Gasteiger partial charge in [-0.25, -0.2) is 0 Å². The quantitative estimate of drug-likeness (QED) is 0.593. The molecule has 4 rings (SSSR count). The molecule has 0 aromatic heterocycles. The molecule has 1 spiro atoms. The number of rotatable bonds is 0. The first-order chi connectivity index (χ1) is 10.7. The molecule has 3 fully saturated rings. The molecule has 0 radical (unpaired) electrons. The summed E-state index contributed by atoms with van der Waals surface area (Å²) in [5.74, 6) is -0.424. The monoisotopic (exact) mass is 318 g/mol. The zero-order valence-electron chi connectivity index (χ0n) is 13.8. The van der Waals surface area contributed by atoms with Crippen LogP contribution in [-0.2, 0) is 4.79 Å². The van der Waals surface area contributed by atoms with Gasteiger partial charge in [-0.15, -0.1) is 0 Å². The molecule has 0 saturated heterocycles. The summed E-state index contributed by atoms with van der Waals surface area (Å²) in [4.78, 5) is 13.2. The second-order valence-corrected chi connectivity index (χ2v) is 8.61. The van der Waals surface area contributed by atoms with E-state index in [4.69, 9.17) is 0 Å². The molecule has 0 aromatic rings. The highest BCUT2D eigenvalue weighted by Gasteiger charge is 2.68. The summed E-state index contributed by atoms with van der Waals surface area (Å²) in [7, 11) is 0. The van der Waals surface area contributed by atoms with Crippen LogP contribution >= 0.6 is 0 Å². The fraction of sp³-hybridized carbons (Fsp3) is 0.737. The average molecular weight is 318 g/mol. The highest BCUT2D eigenvalue weighted by atomic mass is 16.3. The van der Waals surface area contributed by atoms with Gasteiger partial charge in [0.05, 0.1) is 17.6 Å². The molecule has 0 aromatic carbocycles. The van der Waals surface area contributed by atoms with Crippen molar-refractivity contribution in [2.75, 3.05) is 0 Å².